The normalized spacial score (nSPS) is 10.6. The van der Waals surface area contributed by atoms with Crippen molar-refractivity contribution in [3.8, 4) is 28.4 Å². The number of hydrogen-bond donors (Lipinski definition) is 1. The lowest BCUT2D eigenvalue weighted by Crippen LogP contribution is -2.23. The monoisotopic (exact) mass is 456 g/mol. The van der Waals surface area contributed by atoms with Crippen LogP contribution in [0.1, 0.15) is 15.9 Å². The topological polar surface area (TPSA) is 68.6 Å². The number of para-hydroxylation sites is 1. The quantitative estimate of drug-likeness (QED) is 0.421. The molecule has 34 heavy (non-hydrogen) atoms. The molecule has 1 N–H and O–H groups in total. The van der Waals surface area contributed by atoms with Gasteiger partial charge in [0.25, 0.3) is 5.91 Å². The highest BCUT2D eigenvalue weighted by atomic mass is 16.5. The van der Waals surface area contributed by atoms with Gasteiger partial charge in [-0.3, -0.25) is 4.79 Å². The summed E-state index contributed by atoms with van der Waals surface area (Å²) in [5.41, 5.74) is 4.64. The van der Waals surface area contributed by atoms with Crippen LogP contribution in [0.4, 0.5) is 5.69 Å². The summed E-state index contributed by atoms with van der Waals surface area (Å²) in [6, 6.07) is 23.2. The van der Waals surface area contributed by atoms with Gasteiger partial charge in [-0.25, -0.2) is 4.68 Å². The lowest BCUT2D eigenvalue weighted by atomic mass is 10.1. The minimum absolute atomic E-state index is 0.217. The predicted octanol–water partition coefficient (Wildman–Crippen LogP) is 4.55. The van der Waals surface area contributed by atoms with E-state index in [-0.39, 0.29) is 5.91 Å². The predicted molar refractivity (Wildman–Crippen MR) is 134 cm³/mol. The first-order valence-electron chi connectivity index (χ1n) is 10.9. The number of rotatable bonds is 8. The van der Waals surface area contributed by atoms with Gasteiger partial charge < -0.3 is 19.7 Å². The molecule has 1 aromatic heterocycles. The van der Waals surface area contributed by atoms with Gasteiger partial charge >= 0.3 is 0 Å². The molecule has 0 aliphatic rings. The second-order valence-electron chi connectivity index (χ2n) is 7.98. The number of nitrogens with one attached hydrogen (secondary N) is 1. The van der Waals surface area contributed by atoms with Crippen molar-refractivity contribution in [2.75, 3.05) is 33.2 Å². The van der Waals surface area contributed by atoms with Crippen LogP contribution in [0.2, 0.25) is 0 Å². The Bertz CT molecular complexity index is 1280. The third kappa shape index (κ3) is 4.88. The number of hydrogen-bond acceptors (Lipinski definition) is 5. The molecule has 0 aliphatic carbocycles. The molecule has 1 heterocycles. The smallest absolute Gasteiger partial charge is 0.255 e. The minimum atomic E-state index is -0.217. The first-order valence-corrected chi connectivity index (χ1v) is 10.9. The molecule has 0 aliphatic heterocycles. The number of nitrogens with zero attached hydrogens (tertiary/aromatic N) is 3. The van der Waals surface area contributed by atoms with Gasteiger partial charge in [0.1, 0.15) is 17.2 Å². The fourth-order valence-electron chi connectivity index (χ4n) is 3.67. The van der Waals surface area contributed by atoms with Gasteiger partial charge in [0, 0.05) is 44.2 Å². The summed E-state index contributed by atoms with van der Waals surface area (Å²) in [5, 5.41) is 7.80. The highest BCUT2D eigenvalue weighted by molar-refractivity contribution is 6.00. The van der Waals surface area contributed by atoms with Crippen molar-refractivity contribution in [3.05, 3.63) is 90.1 Å². The third-order valence-corrected chi connectivity index (χ3v) is 5.52. The Hall–Kier alpha value is -4.26. The Kier molecular flexibility index (Phi) is 6.82. The molecule has 0 saturated heterocycles. The second-order valence-corrected chi connectivity index (χ2v) is 7.98. The summed E-state index contributed by atoms with van der Waals surface area (Å²) >= 11 is 0. The lowest BCUT2D eigenvalue weighted by Gasteiger charge is -2.14. The number of ether oxygens (including phenoxy) is 2. The van der Waals surface area contributed by atoms with Crippen molar-refractivity contribution in [2.24, 2.45) is 0 Å². The number of carbonyl (C=O) groups is 1. The SMILES string of the molecule is COc1ccc(-c2nn(-c3ccccc3)cc2C(=O)NCc2cccc(N(C)C)c2)c(OC)c1. The van der Waals surface area contributed by atoms with E-state index in [9.17, 15) is 4.79 Å². The van der Waals surface area contributed by atoms with Crippen LogP contribution in [0, 0.1) is 0 Å². The van der Waals surface area contributed by atoms with Crippen molar-refractivity contribution in [2.45, 2.75) is 6.54 Å². The molecule has 7 nitrogen and oxygen atoms in total. The second kappa shape index (κ2) is 10.1. The maximum absolute atomic E-state index is 13.4. The molecule has 0 radical (unpaired) electrons. The van der Waals surface area contributed by atoms with Crippen LogP contribution in [0.3, 0.4) is 0 Å². The van der Waals surface area contributed by atoms with Gasteiger partial charge in [-0.15, -0.1) is 0 Å². The van der Waals surface area contributed by atoms with E-state index in [0.717, 1.165) is 16.9 Å². The Morgan fingerprint density at radius 3 is 2.47 bits per heavy atom. The molecule has 4 aromatic rings. The van der Waals surface area contributed by atoms with Gasteiger partial charge in [-0.05, 0) is 42.0 Å². The van der Waals surface area contributed by atoms with Crippen molar-refractivity contribution >= 4 is 11.6 Å². The van der Waals surface area contributed by atoms with E-state index >= 15 is 0 Å². The number of methoxy groups -OCH3 is 2. The average Bonchev–Trinajstić information content (AvgIpc) is 3.33. The first-order chi connectivity index (χ1) is 16.5. The largest absolute Gasteiger partial charge is 0.497 e. The molecule has 174 valence electrons. The summed E-state index contributed by atoms with van der Waals surface area (Å²) in [6.45, 7) is 0.399. The molecule has 0 spiro atoms. The van der Waals surface area contributed by atoms with Crippen molar-refractivity contribution in [1.82, 2.24) is 15.1 Å². The fraction of sp³-hybridized carbons (Fsp3) is 0.185. The van der Waals surface area contributed by atoms with Crippen LogP contribution in [0.5, 0.6) is 11.5 Å². The molecule has 3 aromatic carbocycles. The fourth-order valence-corrected chi connectivity index (χ4v) is 3.67. The molecule has 0 fully saturated rings. The number of amides is 1. The van der Waals surface area contributed by atoms with Gasteiger partial charge in [0.15, 0.2) is 0 Å². The molecule has 0 bridgehead atoms. The van der Waals surface area contributed by atoms with E-state index in [1.807, 2.05) is 79.7 Å². The number of carbonyl (C=O) groups excluding carboxylic acids is 1. The van der Waals surface area contributed by atoms with Crippen LogP contribution < -0.4 is 19.7 Å². The van der Waals surface area contributed by atoms with Crippen molar-refractivity contribution < 1.29 is 14.3 Å². The van der Waals surface area contributed by atoms with Crippen LogP contribution >= 0.6 is 0 Å². The van der Waals surface area contributed by atoms with Crippen molar-refractivity contribution in [1.29, 1.82) is 0 Å². The highest BCUT2D eigenvalue weighted by Gasteiger charge is 2.21. The van der Waals surface area contributed by atoms with Crippen LogP contribution in [-0.4, -0.2) is 44.0 Å². The van der Waals surface area contributed by atoms with Gasteiger partial charge in [-0.1, -0.05) is 30.3 Å². The Morgan fingerprint density at radius 2 is 1.76 bits per heavy atom. The number of anilines is 1. The van der Waals surface area contributed by atoms with E-state index in [2.05, 4.69) is 11.4 Å². The molecule has 0 saturated carbocycles. The Morgan fingerprint density at radius 1 is 0.971 bits per heavy atom. The van der Waals surface area contributed by atoms with Crippen LogP contribution in [-0.2, 0) is 6.54 Å². The molecule has 4 rings (SSSR count). The molecular weight excluding hydrogens is 428 g/mol. The first kappa shape index (κ1) is 22.9. The molecule has 0 atom stereocenters. The molecule has 0 unspecified atom stereocenters. The van der Waals surface area contributed by atoms with E-state index < -0.39 is 0 Å². The average molecular weight is 457 g/mol. The standard InChI is InChI=1S/C27H28N4O3/c1-30(2)21-12-8-9-19(15-21)17-28-27(32)24-18-31(20-10-6-5-7-11-20)29-26(24)23-14-13-22(33-3)16-25(23)34-4/h5-16,18H,17H2,1-4H3,(H,28,32). The summed E-state index contributed by atoms with van der Waals surface area (Å²) in [4.78, 5) is 15.4. The van der Waals surface area contributed by atoms with E-state index in [1.165, 1.54) is 0 Å². The third-order valence-electron chi connectivity index (χ3n) is 5.52. The highest BCUT2D eigenvalue weighted by Crippen LogP contribution is 2.35. The number of benzene rings is 3. The minimum Gasteiger partial charge on any atom is -0.497 e. The van der Waals surface area contributed by atoms with E-state index in [1.54, 1.807) is 31.2 Å². The van der Waals surface area contributed by atoms with Gasteiger partial charge in [0.2, 0.25) is 0 Å². The Balaban J connectivity index is 1.70. The zero-order valence-corrected chi connectivity index (χ0v) is 19.8. The molecular formula is C27H28N4O3. The van der Waals surface area contributed by atoms with E-state index in [0.29, 0.717) is 34.9 Å². The summed E-state index contributed by atoms with van der Waals surface area (Å²) < 4.78 is 12.6. The van der Waals surface area contributed by atoms with E-state index in [4.69, 9.17) is 14.6 Å². The van der Waals surface area contributed by atoms with Gasteiger partial charge in [0.05, 0.1) is 25.5 Å². The summed E-state index contributed by atoms with van der Waals surface area (Å²) in [5.74, 6) is 1.02. The van der Waals surface area contributed by atoms with Crippen LogP contribution in [0.15, 0.2) is 79.0 Å². The number of aromatic nitrogens is 2. The summed E-state index contributed by atoms with van der Waals surface area (Å²) in [7, 11) is 7.17. The zero-order valence-electron chi connectivity index (χ0n) is 19.8. The maximum Gasteiger partial charge on any atom is 0.255 e. The lowest BCUT2D eigenvalue weighted by molar-refractivity contribution is 0.0951. The maximum atomic E-state index is 13.4. The Labute approximate surface area is 199 Å². The zero-order chi connectivity index (χ0) is 24.1. The van der Waals surface area contributed by atoms with Crippen molar-refractivity contribution in [3.63, 3.8) is 0 Å². The molecule has 1 amide bonds. The van der Waals surface area contributed by atoms with Crippen LogP contribution in [0.25, 0.3) is 16.9 Å². The molecule has 7 heteroatoms. The summed E-state index contributed by atoms with van der Waals surface area (Å²) in [6.07, 6.45) is 1.75. The van der Waals surface area contributed by atoms with Gasteiger partial charge in [-0.2, -0.15) is 5.10 Å².